The van der Waals surface area contributed by atoms with Crippen molar-refractivity contribution in [3.05, 3.63) is 112 Å². The maximum absolute atomic E-state index is 13.9. The third-order valence-electron chi connectivity index (χ3n) is 7.74. The summed E-state index contributed by atoms with van der Waals surface area (Å²) < 4.78 is 13.9. The lowest BCUT2D eigenvalue weighted by Crippen LogP contribution is -2.45. The first-order chi connectivity index (χ1) is 20.4. The van der Waals surface area contributed by atoms with Crippen molar-refractivity contribution in [2.45, 2.75) is 36.8 Å². The highest BCUT2D eigenvalue weighted by atomic mass is 35.5. The van der Waals surface area contributed by atoms with E-state index in [1.807, 2.05) is 50.4 Å². The van der Waals surface area contributed by atoms with Gasteiger partial charge in [-0.1, -0.05) is 54.1 Å². The van der Waals surface area contributed by atoms with Gasteiger partial charge in [0, 0.05) is 29.5 Å². The number of nitrogens with one attached hydrogen (secondary N) is 4. The van der Waals surface area contributed by atoms with E-state index in [9.17, 15) is 14.9 Å². The lowest BCUT2D eigenvalue weighted by molar-refractivity contribution is 0.260. The zero-order chi connectivity index (χ0) is 29.3. The number of hydrogen-bond donors (Lipinski definition) is 4. The van der Waals surface area contributed by atoms with Crippen LogP contribution in [0.3, 0.4) is 0 Å². The van der Waals surface area contributed by atoms with Gasteiger partial charge < -0.3 is 16.1 Å². The number of rotatable bonds is 9. The minimum atomic E-state index is -0.817. The van der Waals surface area contributed by atoms with Crippen molar-refractivity contribution in [1.82, 2.24) is 21.0 Å². The van der Waals surface area contributed by atoms with Crippen molar-refractivity contribution in [2.24, 2.45) is 0 Å². The molecular formula is C31H27BClFN8. The molecular weight excluding hydrogens is 550 g/mol. The second-order valence-corrected chi connectivity index (χ2v) is 11.1. The smallest absolute Gasteiger partial charge is 0.148 e. The van der Waals surface area contributed by atoms with E-state index < -0.39 is 5.44 Å². The highest BCUT2D eigenvalue weighted by Crippen LogP contribution is 2.39. The number of anilines is 2. The molecule has 1 saturated carbocycles. The first-order valence-electron chi connectivity index (χ1n) is 13.7. The molecule has 1 aliphatic heterocycles. The molecule has 0 amide bonds. The normalized spacial score (nSPS) is 16.5. The molecule has 4 aromatic rings. The predicted molar refractivity (Wildman–Crippen MR) is 164 cm³/mol. The molecule has 2 atom stereocenters. The molecule has 3 aromatic carbocycles. The van der Waals surface area contributed by atoms with Gasteiger partial charge in [-0.25, -0.2) is 4.39 Å². The maximum Gasteiger partial charge on any atom is 0.148 e. The van der Waals surface area contributed by atoms with E-state index in [0.29, 0.717) is 38.9 Å². The predicted octanol–water partition coefficient (Wildman–Crippen LogP) is 5.19. The van der Waals surface area contributed by atoms with Crippen LogP contribution in [-0.4, -0.2) is 23.9 Å². The van der Waals surface area contributed by atoms with E-state index in [1.165, 1.54) is 18.3 Å². The summed E-state index contributed by atoms with van der Waals surface area (Å²) in [6.07, 6.45) is 5.94. The fraction of sp³-hybridized carbons (Fsp3) is 0.194. The SMILES string of the molecule is BC(Nc1cc(Cl)c2ncc(C#N)c(N[C@@H](CC#N)c3ccccc3)c2c1)(C1=CN(C2CC2)NN1)c1ccc(F)cc1. The largest absolute Gasteiger partial charge is 0.378 e. The Labute approximate surface area is 249 Å². The van der Waals surface area contributed by atoms with Crippen LogP contribution in [0.1, 0.15) is 42.0 Å². The lowest BCUT2D eigenvalue weighted by atomic mass is 9.69. The van der Waals surface area contributed by atoms with Gasteiger partial charge in [0.05, 0.1) is 51.5 Å². The van der Waals surface area contributed by atoms with Gasteiger partial charge in [-0.05, 0) is 48.2 Å². The molecule has 2 aliphatic rings. The Balaban J connectivity index is 1.45. The monoisotopic (exact) mass is 576 g/mol. The van der Waals surface area contributed by atoms with Crippen LogP contribution >= 0.6 is 11.6 Å². The van der Waals surface area contributed by atoms with Crippen molar-refractivity contribution in [2.75, 3.05) is 10.6 Å². The second-order valence-electron chi connectivity index (χ2n) is 10.7. The molecule has 0 saturated heterocycles. The van der Waals surface area contributed by atoms with Gasteiger partial charge in [0.1, 0.15) is 19.7 Å². The molecule has 1 fully saturated rings. The minimum Gasteiger partial charge on any atom is -0.378 e. The van der Waals surface area contributed by atoms with Crippen LogP contribution in [0.4, 0.5) is 15.8 Å². The Morgan fingerprint density at radius 1 is 1.14 bits per heavy atom. The van der Waals surface area contributed by atoms with Crippen LogP contribution in [0.25, 0.3) is 10.9 Å². The van der Waals surface area contributed by atoms with Crippen LogP contribution in [-0.2, 0) is 5.44 Å². The van der Waals surface area contributed by atoms with Gasteiger partial charge in [0.2, 0.25) is 0 Å². The zero-order valence-corrected chi connectivity index (χ0v) is 23.6. The summed E-state index contributed by atoms with van der Waals surface area (Å²) in [6.45, 7) is 0. The third kappa shape index (κ3) is 5.30. The van der Waals surface area contributed by atoms with E-state index in [0.717, 1.165) is 29.7 Å². The van der Waals surface area contributed by atoms with Crippen LogP contribution in [0.5, 0.6) is 0 Å². The number of aromatic nitrogens is 1. The van der Waals surface area contributed by atoms with Gasteiger partial charge in [-0.15, -0.1) is 5.53 Å². The van der Waals surface area contributed by atoms with Crippen molar-refractivity contribution in [3.63, 3.8) is 0 Å². The number of nitrogens with zero attached hydrogens (tertiary/aromatic N) is 4. The quantitative estimate of drug-likeness (QED) is 0.201. The van der Waals surface area contributed by atoms with Crippen molar-refractivity contribution >= 4 is 41.7 Å². The fourth-order valence-electron chi connectivity index (χ4n) is 5.27. The zero-order valence-electron chi connectivity index (χ0n) is 22.8. The number of hydrazine groups is 2. The molecule has 2 heterocycles. The van der Waals surface area contributed by atoms with Gasteiger partial charge in [0.25, 0.3) is 0 Å². The Morgan fingerprint density at radius 3 is 2.60 bits per heavy atom. The number of halogens is 2. The molecule has 0 radical (unpaired) electrons. The van der Waals surface area contributed by atoms with Crippen LogP contribution in [0.2, 0.25) is 5.02 Å². The Hall–Kier alpha value is -4.77. The average Bonchev–Trinajstić information content (AvgIpc) is 3.73. The van der Waals surface area contributed by atoms with E-state index in [1.54, 1.807) is 18.2 Å². The molecule has 1 unspecified atom stereocenters. The number of benzene rings is 3. The molecule has 8 nitrogen and oxygen atoms in total. The van der Waals surface area contributed by atoms with Crippen molar-refractivity contribution < 1.29 is 4.39 Å². The first-order valence-corrected chi connectivity index (χ1v) is 14.0. The Kier molecular flexibility index (Phi) is 7.34. The summed E-state index contributed by atoms with van der Waals surface area (Å²) in [5.41, 5.74) is 10.4. The summed E-state index contributed by atoms with van der Waals surface area (Å²) in [6, 6.07) is 24.2. The molecule has 1 aromatic heterocycles. The van der Waals surface area contributed by atoms with E-state index in [2.05, 4.69) is 43.7 Å². The highest BCUT2D eigenvalue weighted by molar-refractivity contribution is 6.36. The summed E-state index contributed by atoms with van der Waals surface area (Å²) in [4.78, 5) is 4.49. The van der Waals surface area contributed by atoms with E-state index >= 15 is 0 Å². The number of hydrogen-bond acceptors (Lipinski definition) is 8. The Bertz CT molecular complexity index is 1750. The Morgan fingerprint density at radius 2 is 1.90 bits per heavy atom. The molecule has 42 heavy (non-hydrogen) atoms. The van der Waals surface area contributed by atoms with Gasteiger partial charge in [0.15, 0.2) is 0 Å². The molecule has 208 valence electrons. The molecule has 11 heteroatoms. The first kappa shape index (κ1) is 27.4. The van der Waals surface area contributed by atoms with Gasteiger partial charge in [-0.2, -0.15) is 10.5 Å². The molecule has 6 rings (SSSR count). The van der Waals surface area contributed by atoms with Crippen LogP contribution in [0.15, 0.2) is 84.8 Å². The summed E-state index contributed by atoms with van der Waals surface area (Å²) >= 11 is 6.81. The fourth-order valence-corrected chi connectivity index (χ4v) is 5.54. The highest BCUT2D eigenvalue weighted by Gasteiger charge is 2.38. The van der Waals surface area contributed by atoms with Crippen LogP contribution in [0, 0.1) is 28.5 Å². The molecule has 0 bridgehead atoms. The minimum absolute atomic E-state index is 0.192. The summed E-state index contributed by atoms with van der Waals surface area (Å²) in [5.74, 6) is -0.322. The molecule has 4 N–H and O–H groups in total. The topological polar surface area (TPSA) is 112 Å². The standard InChI is InChI=1S/C31H27BClFN8/c32-31(21-6-8-22(34)9-7-21,28-18-42(41-40-28)24-10-11-24)39-23-14-25-29(20(16-36)17-37-30(25)26(33)15-23)38-27(12-13-35)19-4-2-1-3-5-19/h1-9,14-15,17-18,24,27,39-41H,10-12,32H2,(H,37,38)/t27-,31?/m0/s1. The summed E-state index contributed by atoms with van der Waals surface area (Å²) in [5, 5.41) is 29.7. The van der Waals surface area contributed by atoms with E-state index in [-0.39, 0.29) is 18.3 Å². The average molecular weight is 577 g/mol. The van der Waals surface area contributed by atoms with Gasteiger partial charge in [-0.3, -0.25) is 9.99 Å². The molecule has 1 aliphatic carbocycles. The number of fused-ring (bicyclic) bond motifs is 1. The van der Waals surface area contributed by atoms with Gasteiger partial charge >= 0.3 is 0 Å². The number of nitriles is 2. The maximum atomic E-state index is 13.9. The van der Waals surface area contributed by atoms with E-state index in [4.69, 9.17) is 11.6 Å². The van der Waals surface area contributed by atoms with Crippen LogP contribution < -0.4 is 21.6 Å². The summed E-state index contributed by atoms with van der Waals surface area (Å²) in [7, 11) is 2.01. The van der Waals surface area contributed by atoms with Crippen molar-refractivity contribution in [3.8, 4) is 12.1 Å². The van der Waals surface area contributed by atoms with Crippen molar-refractivity contribution in [1.29, 1.82) is 10.5 Å². The molecule has 0 spiro atoms. The third-order valence-corrected chi connectivity index (χ3v) is 8.03. The second kappa shape index (κ2) is 11.3. The number of pyridine rings is 1. The lowest BCUT2D eigenvalue weighted by Gasteiger charge is -2.34.